The Morgan fingerprint density at radius 1 is 1.57 bits per heavy atom. The van der Waals surface area contributed by atoms with E-state index in [2.05, 4.69) is 26.8 Å². The highest BCUT2D eigenvalue weighted by Crippen LogP contribution is 2.25. The fourth-order valence-electron chi connectivity index (χ4n) is 3.16. The number of carbonyl (C=O) groups excluding carboxylic acids is 1. The molecule has 0 aliphatic carbocycles. The number of fused-ring (bicyclic) bond motifs is 1. The second kappa shape index (κ2) is 6.37. The van der Waals surface area contributed by atoms with Gasteiger partial charge in [-0.05, 0) is 31.9 Å². The van der Waals surface area contributed by atoms with E-state index in [1.54, 1.807) is 11.8 Å². The van der Waals surface area contributed by atoms with Crippen LogP contribution in [0.3, 0.4) is 0 Å². The average molecular weight is 315 g/mol. The van der Waals surface area contributed by atoms with Crippen LogP contribution in [-0.2, 0) is 4.79 Å². The molecule has 0 unspecified atom stereocenters. The van der Waals surface area contributed by atoms with Crippen LogP contribution in [0, 0.1) is 0 Å². The Kier molecular flexibility index (Phi) is 4.29. The van der Waals surface area contributed by atoms with Crippen molar-refractivity contribution in [2.75, 3.05) is 11.9 Å². The number of rotatable bonds is 4. The Morgan fingerprint density at radius 3 is 3.13 bits per heavy atom. The number of aliphatic hydroxyl groups excluding tert-OH is 1. The lowest BCUT2D eigenvalue weighted by Crippen LogP contribution is -2.54. The minimum atomic E-state index is -0.560. The van der Waals surface area contributed by atoms with Gasteiger partial charge >= 0.3 is 0 Å². The SMILES string of the molecule is C=CC(=O)N1C[C@@H](Nc2ncnc3[nH]ccc23)CC[C@H]1[C@H](C)O. The lowest BCUT2D eigenvalue weighted by Gasteiger charge is -2.41. The first kappa shape index (κ1) is 15.5. The van der Waals surface area contributed by atoms with E-state index in [1.807, 2.05) is 12.3 Å². The van der Waals surface area contributed by atoms with Crippen LogP contribution in [0.4, 0.5) is 5.82 Å². The number of piperidine rings is 1. The molecule has 3 heterocycles. The topological polar surface area (TPSA) is 94.1 Å². The number of hydrogen-bond acceptors (Lipinski definition) is 5. The second-order valence-corrected chi connectivity index (χ2v) is 5.88. The molecule has 0 saturated carbocycles. The number of amides is 1. The maximum Gasteiger partial charge on any atom is 0.246 e. The number of hydrogen-bond donors (Lipinski definition) is 3. The molecule has 1 amide bonds. The molecule has 2 aromatic heterocycles. The van der Waals surface area contributed by atoms with E-state index in [0.29, 0.717) is 6.54 Å². The van der Waals surface area contributed by atoms with Gasteiger partial charge in [0.1, 0.15) is 17.8 Å². The second-order valence-electron chi connectivity index (χ2n) is 5.88. The Balaban J connectivity index is 1.78. The quantitative estimate of drug-likeness (QED) is 0.739. The average Bonchev–Trinajstić information content (AvgIpc) is 3.03. The third-order valence-corrected chi connectivity index (χ3v) is 4.34. The van der Waals surface area contributed by atoms with Gasteiger partial charge in [0, 0.05) is 18.8 Å². The zero-order valence-electron chi connectivity index (χ0n) is 13.1. The maximum absolute atomic E-state index is 12.1. The molecule has 1 aliphatic heterocycles. The monoisotopic (exact) mass is 315 g/mol. The van der Waals surface area contributed by atoms with Gasteiger partial charge < -0.3 is 20.3 Å². The number of likely N-dealkylation sites (tertiary alicyclic amines) is 1. The Hall–Kier alpha value is -2.41. The molecule has 7 nitrogen and oxygen atoms in total. The Bertz CT molecular complexity index is 711. The molecule has 0 radical (unpaired) electrons. The fourth-order valence-corrected chi connectivity index (χ4v) is 3.16. The molecule has 1 saturated heterocycles. The zero-order chi connectivity index (χ0) is 16.4. The van der Waals surface area contributed by atoms with E-state index in [9.17, 15) is 9.90 Å². The Morgan fingerprint density at radius 2 is 2.39 bits per heavy atom. The van der Waals surface area contributed by atoms with Crippen molar-refractivity contribution in [3.05, 3.63) is 31.2 Å². The predicted octanol–water partition coefficient (Wildman–Crippen LogP) is 1.30. The summed E-state index contributed by atoms with van der Waals surface area (Å²) in [7, 11) is 0. The summed E-state index contributed by atoms with van der Waals surface area (Å²) in [6, 6.07) is 1.82. The number of nitrogens with one attached hydrogen (secondary N) is 2. The van der Waals surface area contributed by atoms with Gasteiger partial charge in [-0.1, -0.05) is 6.58 Å². The van der Waals surface area contributed by atoms with Crippen LogP contribution in [0.5, 0.6) is 0 Å². The van der Waals surface area contributed by atoms with Crippen molar-refractivity contribution in [3.63, 3.8) is 0 Å². The third kappa shape index (κ3) is 3.05. The minimum Gasteiger partial charge on any atom is -0.391 e. The van der Waals surface area contributed by atoms with E-state index >= 15 is 0 Å². The van der Waals surface area contributed by atoms with Gasteiger partial charge in [-0.3, -0.25) is 4.79 Å². The smallest absolute Gasteiger partial charge is 0.246 e. The number of aromatic amines is 1. The van der Waals surface area contributed by atoms with Crippen molar-refractivity contribution >= 4 is 22.8 Å². The molecular formula is C16H21N5O2. The molecule has 1 fully saturated rings. The lowest BCUT2D eigenvalue weighted by molar-refractivity contribution is -0.132. The van der Waals surface area contributed by atoms with Crippen LogP contribution in [0.1, 0.15) is 19.8 Å². The summed E-state index contributed by atoms with van der Waals surface area (Å²) in [5.74, 6) is 0.597. The minimum absolute atomic E-state index is 0.0712. The van der Waals surface area contributed by atoms with E-state index in [-0.39, 0.29) is 18.0 Å². The largest absolute Gasteiger partial charge is 0.391 e. The molecule has 3 atom stereocenters. The van der Waals surface area contributed by atoms with E-state index < -0.39 is 6.10 Å². The van der Waals surface area contributed by atoms with E-state index in [4.69, 9.17) is 0 Å². The summed E-state index contributed by atoms with van der Waals surface area (Å²) in [6.45, 7) is 5.78. The number of H-pyrrole nitrogens is 1. The molecule has 7 heteroatoms. The molecule has 23 heavy (non-hydrogen) atoms. The normalized spacial score (nSPS) is 22.8. The van der Waals surface area contributed by atoms with Crippen LogP contribution in [0.2, 0.25) is 0 Å². The van der Waals surface area contributed by atoms with Crippen molar-refractivity contribution in [2.24, 2.45) is 0 Å². The molecule has 0 spiro atoms. The molecule has 2 aromatic rings. The number of anilines is 1. The summed E-state index contributed by atoms with van der Waals surface area (Å²) in [5, 5.41) is 14.2. The molecule has 1 aliphatic rings. The van der Waals surface area contributed by atoms with Gasteiger partial charge in [0.05, 0.1) is 17.5 Å². The van der Waals surface area contributed by atoms with Crippen LogP contribution in [0.15, 0.2) is 31.2 Å². The van der Waals surface area contributed by atoms with Crippen molar-refractivity contribution in [2.45, 2.75) is 38.0 Å². The number of aliphatic hydroxyl groups is 1. The third-order valence-electron chi connectivity index (χ3n) is 4.34. The first-order valence-corrected chi connectivity index (χ1v) is 7.76. The van der Waals surface area contributed by atoms with Crippen LogP contribution >= 0.6 is 0 Å². The van der Waals surface area contributed by atoms with E-state index in [0.717, 1.165) is 29.7 Å². The van der Waals surface area contributed by atoms with E-state index in [1.165, 1.54) is 12.4 Å². The Labute approximate surface area is 134 Å². The highest BCUT2D eigenvalue weighted by atomic mass is 16.3. The first-order chi connectivity index (χ1) is 11.1. The molecule has 122 valence electrons. The van der Waals surface area contributed by atoms with Crippen molar-refractivity contribution < 1.29 is 9.90 Å². The highest BCUT2D eigenvalue weighted by Gasteiger charge is 2.33. The summed E-state index contributed by atoms with van der Waals surface area (Å²) in [4.78, 5) is 25.3. The molecular weight excluding hydrogens is 294 g/mol. The zero-order valence-corrected chi connectivity index (χ0v) is 13.1. The van der Waals surface area contributed by atoms with Gasteiger partial charge in [0.15, 0.2) is 0 Å². The lowest BCUT2D eigenvalue weighted by atomic mass is 9.94. The van der Waals surface area contributed by atoms with Crippen LogP contribution in [0.25, 0.3) is 11.0 Å². The summed E-state index contributed by atoms with van der Waals surface area (Å²) >= 11 is 0. The van der Waals surface area contributed by atoms with Crippen molar-refractivity contribution in [3.8, 4) is 0 Å². The van der Waals surface area contributed by atoms with Crippen molar-refractivity contribution in [1.82, 2.24) is 19.9 Å². The highest BCUT2D eigenvalue weighted by molar-refractivity contribution is 5.88. The standard InChI is InChI=1S/C16H21N5O2/c1-3-14(23)21-8-11(4-5-13(21)10(2)22)20-16-12-6-7-17-15(12)18-9-19-16/h3,6-7,9-11,13,22H,1,4-5,8H2,2H3,(H2,17,18,19,20)/t10-,11-,13-/m0/s1. The molecule has 3 rings (SSSR count). The van der Waals surface area contributed by atoms with Gasteiger partial charge in [0.2, 0.25) is 5.91 Å². The number of carbonyl (C=O) groups is 1. The molecule has 0 bridgehead atoms. The van der Waals surface area contributed by atoms with Gasteiger partial charge in [0.25, 0.3) is 0 Å². The van der Waals surface area contributed by atoms with Crippen LogP contribution < -0.4 is 5.32 Å². The fraction of sp³-hybridized carbons (Fsp3) is 0.438. The first-order valence-electron chi connectivity index (χ1n) is 7.76. The van der Waals surface area contributed by atoms with Crippen molar-refractivity contribution in [1.29, 1.82) is 0 Å². The summed E-state index contributed by atoms with van der Waals surface area (Å²) in [6.07, 6.45) is 5.66. The number of nitrogens with zero attached hydrogens (tertiary/aromatic N) is 3. The van der Waals surface area contributed by atoms with Gasteiger partial charge in [-0.15, -0.1) is 0 Å². The summed E-state index contributed by atoms with van der Waals surface area (Å²) < 4.78 is 0. The summed E-state index contributed by atoms with van der Waals surface area (Å²) in [5.41, 5.74) is 0.777. The molecule has 3 N–H and O–H groups in total. The predicted molar refractivity (Wildman–Crippen MR) is 87.9 cm³/mol. The van der Waals surface area contributed by atoms with Gasteiger partial charge in [-0.2, -0.15) is 0 Å². The van der Waals surface area contributed by atoms with Crippen LogP contribution in [-0.4, -0.2) is 55.6 Å². The maximum atomic E-state index is 12.1. The molecule has 0 aromatic carbocycles. The number of aromatic nitrogens is 3. The van der Waals surface area contributed by atoms with Gasteiger partial charge in [-0.25, -0.2) is 9.97 Å².